The Labute approximate surface area is 89.5 Å². The SMILES string of the molecule is CCOP(=O)(Cl)Cc1ccc(C)cc1. The van der Waals surface area contributed by atoms with Crippen LogP contribution in [0.5, 0.6) is 0 Å². The molecule has 0 spiro atoms. The van der Waals surface area contributed by atoms with Gasteiger partial charge in [-0.05, 0) is 30.7 Å². The number of hydrogen-bond acceptors (Lipinski definition) is 2. The van der Waals surface area contributed by atoms with Crippen molar-refractivity contribution >= 4 is 18.0 Å². The van der Waals surface area contributed by atoms with Crippen LogP contribution in [0, 0.1) is 6.92 Å². The molecule has 1 aromatic rings. The molecule has 1 rings (SSSR count). The molecule has 0 saturated carbocycles. The Morgan fingerprint density at radius 2 is 1.93 bits per heavy atom. The van der Waals surface area contributed by atoms with Gasteiger partial charge >= 0.3 is 0 Å². The second-order valence-electron chi connectivity index (χ2n) is 3.15. The molecule has 1 atom stereocenters. The Balaban J connectivity index is 2.69. The van der Waals surface area contributed by atoms with Crippen molar-refractivity contribution in [1.29, 1.82) is 0 Å². The van der Waals surface area contributed by atoms with E-state index in [2.05, 4.69) is 0 Å². The quantitative estimate of drug-likeness (QED) is 0.735. The minimum atomic E-state index is -2.96. The molecule has 0 N–H and O–H groups in total. The highest BCUT2D eigenvalue weighted by Crippen LogP contribution is 2.55. The van der Waals surface area contributed by atoms with Gasteiger partial charge in [-0.3, -0.25) is 4.57 Å². The molecule has 0 fully saturated rings. The molecule has 4 heteroatoms. The first kappa shape index (κ1) is 11.8. The Morgan fingerprint density at radius 3 is 2.43 bits per heavy atom. The van der Waals surface area contributed by atoms with Crippen molar-refractivity contribution in [2.24, 2.45) is 0 Å². The summed E-state index contributed by atoms with van der Waals surface area (Å²) in [5.74, 6) is 0. The number of aryl methyl sites for hydroxylation is 1. The Kier molecular flexibility index (Phi) is 4.18. The molecule has 0 aromatic heterocycles. The molecule has 0 heterocycles. The van der Waals surface area contributed by atoms with Crippen molar-refractivity contribution in [2.45, 2.75) is 20.0 Å². The van der Waals surface area contributed by atoms with Crippen LogP contribution < -0.4 is 0 Å². The van der Waals surface area contributed by atoms with E-state index in [-0.39, 0.29) is 0 Å². The van der Waals surface area contributed by atoms with Gasteiger partial charge < -0.3 is 4.52 Å². The fourth-order valence-electron chi connectivity index (χ4n) is 1.15. The second kappa shape index (κ2) is 4.97. The van der Waals surface area contributed by atoms with Crippen LogP contribution in [0.25, 0.3) is 0 Å². The molecule has 0 saturated heterocycles. The van der Waals surface area contributed by atoms with Gasteiger partial charge in [0, 0.05) is 0 Å². The zero-order chi connectivity index (χ0) is 10.6. The minimum Gasteiger partial charge on any atom is -0.318 e. The monoisotopic (exact) mass is 232 g/mol. The third kappa shape index (κ3) is 3.83. The van der Waals surface area contributed by atoms with Crippen LogP contribution in [-0.4, -0.2) is 6.61 Å². The van der Waals surface area contributed by atoms with Crippen LogP contribution in [0.1, 0.15) is 18.1 Å². The first-order valence-electron chi connectivity index (χ1n) is 4.52. The van der Waals surface area contributed by atoms with Crippen LogP contribution >= 0.6 is 18.0 Å². The Hall–Kier alpha value is -0.300. The summed E-state index contributed by atoms with van der Waals surface area (Å²) in [6.45, 7) is 1.21. The van der Waals surface area contributed by atoms with Gasteiger partial charge in [0.2, 0.25) is 0 Å². The molecule has 78 valence electrons. The van der Waals surface area contributed by atoms with Crippen molar-refractivity contribution in [2.75, 3.05) is 6.61 Å². The van der Waals surface area contributed by atoms with Crippen LogP contribution in [0.15, 0.2) is 24.3 Å². The maximum atomic E-state index is 11.6. The van der Waals surface area contributed by atoms with E-state index in [4.69, 9.17) is 15.8 Å². The van der Waals surface area contributed by atoms with E-state index in [0.717, 1.165) is 5.56 Å². The van der Waals surface area contributed by atoms with Crippen LogP contribution in [0.3, 0.4) is 0 Å². The average Bonchev–Trinajstić information content (AvgIpc) is 2.08. The van der Waals surface area contributed by atoms with Crippen molar-refractivity contribution in [3.8, 4) is 0 Å². The minimum absolute atomic E-state index is 0.294. The molecule has 0 amide bonds. The van der Waals surface area contributed by atoms with Crippen LogP contribution in [0.2, 0.25) is 0 Å². The molecule has 1 unspecified atom stereocenters. The van der Waals surface area contributed by atoms with Gasteiger partial charge in [-0.2, -0.15) is 0 Å². The smallest absolute Gasteiger partial charge is 0.294 e. The summed E-state index contributed by atoms with van der Waals surface area (Å²) in [5, 5.41) is 0. The number of rotatable bonds is 4. The Bertz CT molecular complexity index is 334. The lowest BCUT2D eigenvalue weighted by Gasteiger charge is -2.09. The van der Waals surface area contributed by atoms with Gasteiger partial charge in [0.1, 0.15) is 0 Å². The maximum absolute atomic E-state index is 11.6. The van der Waals surface area contributed by atoms with Crippen LogP contribution in [-0.2, 0) is 15.3 Å². The van der Waals surface area contributed by atoms with Gasteiger partial charge in [0.05, 0.1) is 12.8 Å². The summed E-state index contributed by atoms with van der Waals surface area (Å²) in [6, 6.07) is 7.78. The summed E-state index contributed by atoms with van der Waals surface area (Å²) < 4.78 is 16.6. The zero-order valence-electron chi connectivity index (χ0n) is 8.37. The van der Waals surface area contributed by atoms with Crippen molar-refractivity contribution in [1.82, 2.24) is 0 Å². The summed E-state index contributed by atoms with van der Waals surface area (Å²) in [4.78, 5) is 0. The molecule has 1 aromatic carbocycles. The third-order valence-electron chi connectivity index (χ3n) is 1.81. The van der Waals surface area contributed by atoms with Crippen LogP contribution in [0.4, 0.5) is 0 Å². The summed E-state index contributed by atoms with van der Waals surface area (Å²) in [6.07, 6.45) is 0.294. The topological polar surface area (TPSA) is 26.3 Å². The highest BCUT2D eigenvalue weighted by molar-refractivity contribution is 7.84. The van der Waals surface area contributed by atoms with E-state index < -0.39 is 6.72 Å². The zero-order valence-corrected chi connectivity index (χ0v) is 10.0. The fourth-order valence-corrected chi connectivity index (χ4v) is 2.98. The van der Waals surface area contributed by atoms with E-state index in [1.54, 1.807) is 6.92 Å². The summed E-state index contributed by atoms with van der Waals surface area (Å²) >= 11 is 5.74. The lowest BCUT2D eigenvalue weighted by molar-refractivity contribution is 0.344. The third-order valence-corrected chi connectivity index (χ3v) is 3.85. The van der Waals surface area contributed by atoms with E-state index in [1.165, 1.54) is 5.56 Å². The Morgan fingerprint density at radius 1 is 1.36 bits per heavy atom. The average molecular weight is 233 g/mol. The molecule has 0 bridgehead atoms. The molecule has 0 aliphatic carbocycles. The summed E-state index contributed by atoms with van der Waals surface area (Å²) in [7, 11) is 0. The molecule has 2 nitrogen and oxygen atoms in total. The van der Waals surface area contributed by atoms with Crippen molar-refractivity contribution < 1.29 is 9.09 Å². The van der Waals surface area contributed by atoms with E-state index in [0.29, 0.717) is 12.8 Å². The highest BCUT2D eigenvalue weighted by atomic mass is 35.7. The summed E-state index contributed by atoms with van der Waals surface area (Å²) in [5.41, 5.74) is 2.12. The van der Waals surface area contributed by atoms with Gasteiger partial charge in [-0.15, -0.1) is 0 Å². The first-order chi connectivity index (χ1) is 6.53. The predicted octanol–water partition coefficient (Wildman–Crippen LogP) is 3.96. The molecule has 0 aliphatic heterocycles. The van der Waals surface area contributed by atoms with Gasteiger partial charge in [0.15, 0.2) is 0 Å². The lowest BCUT2D eigenvalue weighted by atomic mass is 10.2. The number of benzene rings is 1. The van der Waals surface area contributed by atoms with Gasteiger partial charge in [0.25, 0.3) is 6.72 Å². The van der Waals surface area contributed by atoms with Crippen molar-refractivity contribution in [3.05, 3.63) is 35.4 Å². The van der Waals surface area contributed by atoms with E-state index >= 15 is 0 Å². The van der Waals surface area contributed by atoms with Gasteiger partial charge in [-0.25, -0.2) is 0 Å². The normalized spacial score (nSPS) is 15.1. The molecule has 0 radical (unpaired) electrons. The maximum Gasteiger partial charge on any atom is 0.294 e. The fraction of sp³-hybridized carbons (Fsp3) is 0.400. The second-order valence-corrected chi connectivity index (χ2v) is 6.45. The molecular weight excluding hydrogens is 219 g/mol. The predicted molar refractivity (Wildman–Crippen MR) is 60.0 cm³/mol. The lowest BCUT2D eigenvalue weighted by Crippen LogP contribution is -1.89. The number of halogens is 1. The largest absolute Gasteiger partial charge is 0.318 e. The molecule has 14 heavy (non-hydrogen) atoms. The molecule has 0 aliphatic rings. The van der Waals surface area contributed by atoms with Crippen molar-refractivity contribution in [3.63, 3.8) is 0 Å². The standard InChI is InChI=1S/C10H14ClO2P/c1-3-13-14(11,12)8-10-6-4-9(2)5-7-10/h4-7H,3,8H2,1-2H3. The number of hydrogen-bond donors (Lipinski definition) is 0. The van der Waals surface area contributed by atoms with E-state index in [9.17, 15) is 4.57 Å². The van der Waals surface area contributed by atoms with Gasteiger partial charge in [-0.1, -0.05) is 29.8 Å². The molecular formula is C10H14ClO2P. The highest BCUT2D eigenvalue weighted by Gasteiger charge is 2.18. The van der Waals surface area contributed by atoms with E-state index in [1.807, 2.05) is 31.2 Å². The first-order valence-corrected chi connectivity index (χ1v) is 7.24.